The lowest BCUT2D eigenvalue weighted by atomic mass is 10.1. The van der Waals surface area contributed by atoms with E-state index in [4.69, 9.17) is 4.74 Å². The second kappa shape index (κ2) is 10.1. The van der Waals surface area contributed by atoms with Crippen molar-refractivity contribution in [3.8, 4) is 11.4 Å². The van der Waals surface area contributed by atoms with E-state index in [-0.39, 0.29) is 18.3 Å². The second-order valence-corrected chi connectivity index (χ2v) is 8.66. The molecule has 0 bridgehead atoms. The second-order valence-electron chi connectivity index (χ2n) is 6.61. The van der Waals surface area contributed by atoms with Crippen LogP contribution in [0.15, 0.2) is 29.4 Å². The van der Waals surface area contributed by atoms with E-state index in [0.717, 1.165) is 16.9 Å². The van der Waals surface area contributed by atoms with Gasteiger partial charge >= 0.3 is 5.97 Å². The van der Waals surface area contributed by atoms with Crippen LogP contribution in [0.1, 0.15) is 34.6 Å². The van der Waals surface area contributed by atoms with Crippen molar-refractivity contribution in [3.63, 3.8) is 0 Å². The number of thiophene rings is 1. The van der Waals surface area contributed by atoms with Crippen molar-refractivity contribution in [1.29, 1.82) is 0 Å². The van der Waals surface area contributed by atoms with Gasteiger partial charge in [-0.3, -0.25) is 4.79 Å². The maximum Gasteiger partial charge on any atom is 0.341 e. The van der Waals surface area contributed by atoms with E-state index in [9.17, 15) is 14.0 Å². The lowest BCUT2D eigenvalue weighted by Crippen LogP contribution is -2.16. The molecule has 0 saturated heterocycles. The normalized spacial score (nSPS) is 10.9. The van der Waals surface area contributed by atoms with E-state index in [0.29, 0.717) is 27.1 Å². The van der Waals surface area contributed by atoms with Crippen LogP contribution in [0.2, 0.25) is 0 Å². The zero-order valence-corrected chi connectivity index (χ0v) is 19.3. The molecule has 1 N–H and O–H groups in total. The summed E-state index contributed by atoms with van der Waals surface area (Å²) in [7, 11) is 1.72. The summed E-state index contributed by atoms with van der Waals surface area (Å²) >= 11 is 2.56. The number of aryl methyl sites for hydroxylation is 1. The topological polar surface area (TPSA) is 86.1 Å². The van der Waals surface area contributed by atoms with Crippen molar-refractivity contribution in [2.75, 3.05) is 17.7 Å². The van der Waals surface area contributed by atoms with E-state index in [1.807, 2.05) is 13.8 Å². The molecule has 0 saturated carbocycles. The number of amides is 1. The summed E-state index contributed by atoms with van der Waals surface area (Å²) in [5.41, 5.74) is 1.58. The van der Waals surface area contributed by atoms with Crippen molar-refractivity contribution < 1.29 is 18.7 Å². The Hall–Kier alpha value is -2.72. The van der Waals surface area contributed by atoms with Crippen LogP contribution in [-0.2, 0) is 23.0 Å². The summed E-state index contributed by atoms with van der Waals surface area (Å²) < 4.78 is 20.8. The van der Waals surface area contributed by atoms with E-state index in [1.54, 1.807) is 36.7 Å². The number of benzene rings is 1. The highest BCUT2D eigenvalue weighted by Gasteiger charge is 2.23. The number of carbonyl (C=O) groups is 2. The highest BCUT2D eigenvalue weighted by Crippen LogP contribution is 2.34. The van der Waals surface area contributed by atoms with E-state index >= 15 is 0 Å². The van der Waals surface area contributed by atoms with Crippen LogP contribution in [0.5, 0.6) is 0 Å². The third kappa shape index (κ3) is 4.96. The fourth-order valence-corrected chi connectivity index (χ4v) is 4.91. The molecule has 0 unspecified atom stereocenters. The standard InChI is InChI=1S/C21H23FN4O3S2/c1-5-15-12(3)17(20(28)29-6-2)19(31-15)23-16(27)11-30-21-25-24-18(26(21)4)13-9-7-8-10-14(13)22/h7-10H,5-6,11H2,1-4H3,(H,23,27). The summed E-state index contributed by atoms with van der Waals surface area (Å²) in [6, 6.07) is 6.32. The number of thioether (sulfide) groups is 1. The van der Waals surface area contributed by atoms with Crippen molar-refractivity contribution >= 4 is 40.0 Å². The largest absolute Gasteiger partial charge is 0.462 e. The van der Waals surface area contributed by atoms with Gasteiger partial charge in [0, 0.05) is 11.9 Å². The van der Waals surface area contributed by atoms with Crippen molar-refractivity contribution in [3.05, 3.63) is 46.1 Å². The number of hydrogen-bond acceptors (Lipinski definition) is 7. The van der Waals surface area contributed by atoms with Crippen molar-refractivity contribution in [1.82, 2.24) is 14.8 Å². The monoisotopic (exact) mass is 462 g/mol. The number of carbonyl (C=O) groups excluding carboxylic acids is 2. The van der Waals surface area contributed by atoms with Gasteiger partial charge in [-0.25, -0.2) is 9.18 Å². The third-order valence-corrected chi connectivity index (χ3v) is 6.95. The van der Waals surface area contributed by atoms with E-state index in [2.05, 4.69) is 15.5 Å². The molecule has 31 heavy (non-hydrogen) atoms. The molecule has 0 aliphatic rings. The number of halogens is 1. The minimum atomic E-state index is -0.443. The summed E-state index contributed by atoms with van der Waals surface area (Å²) in [5, 5.41) is 11.9. The Labute approximate surface area is 188 Å². The Kier molecular flexibility index (Phi) is 7.45. The number of hydrogen-bond donors (Lipinski definition) is 1. The first kappa shape index (κ1) is 23.0. The molecule has 0 atom stereocenters. The quantitative estimate of drug-likeness (QED) is 0.393. The molecular formula is C21H23FN4O3S2. The average molecular weight is 463 g/mol. The molecule has 3 aromatic rings. The molecule has 164 valence electrons. The molecule has 0 radical (unpaired) electrons. The molecule has 0 fully saturated rings. The van der Waals surface area contributed by atoms with Gasteiger partial charge < -0.3 is 14.6 Å². The number of esters is 1. The lowest BCUT2D eigenvalue weighted by molar-refractivity contribution is -0.113. The van der Waals surface area contributed by atoms with Gasteiger partial charge in [0.1, 0.15) is 10.8 Å². The minimum absolute atomic E-state index is 0.0594. The van der Waals surface area contributed by atoms with Crippen LogP contribution < -0.4 is 5.32 Å². The molecular weight excluding hydrogens is 439 g/mol. The summed E-state index contributed by atoms with van der Waals surface area (Å²) in [6.07, 6.45) is 0.755. The van der Waals surface area contributed by atoms with Crippen LogP contribution in [0.25, 0.3) is 11.4 Å². The first-order chi connectivity index (χ1) is 14.9. The Morgan fingerprint density at radius 1 is 1.26 bits per heavy atom. The fourth-order valence-electron chi connectivity index (χ4n) is 3.05. The predicted molar refractivity (Wildman–Crippen MR) is 120 cm³/mol. The molecule has 10 heteroatoms. The minimum Gasteiger partial charge on any atom is -0.462 e. The van der Waals surface area contributed by atoms with E-state index < -0.39 is 11.8 Å². The first-order valence-electron chi connectivity index (χ1n) is 9.73. The summed E-state index contributed by atoms with van der Waals surface area (Å²) in [5.74, 6) is -0.675. The zero-order valence-electron chi connectivity index (χ0n) is 17.7. The van der Waals surface area contributed by atoms with E-state index in [1.165, 1.54) is 29.2 Å². The smallest absolute Gasteiger partial charge is 0.341 e. The van der Waals surface area contributed by atoms with Crippen LogP contribution in [0.3, 0.4) is 0 Å². The maximum atomic E-state index is 14.1. The van der Waals surface area contributed by atoms with Gasteiger partial charge in [0.25, 0.3) is 0 Å². The Morgan fingerprint density at radius 3 is 2.68 bits per heavy atom. The molecule has 1 aromatic carbocycles. The molecule has 2 aromatic heterocycles. The summed E-state index contributed by atoms with van der Waals surface area (Å²) in [4.78, 5) is 26.0. The number of ether oxygens (including phenoxy) is 1. The Balaban J connectivity index is 1.72. The fraction of sp³-hybridized carbons (Fsp3) is 0.333. The van der Waals surface area contributed by atoms with Gasteiger partial charge in [-0.1, -0.05) is 30.8 Å². The summed E-state index contributed by atoms with van der Waals surface area (Å²) in [6.45, 7) is 5.85. The molecule has 0 aliphatic carbocycles. The Morgan fingerprint density at radius 2 is 2.00 bits per heavy atom. The predicted octanol–water partition coefficient (Wildman–Crippen LogP) is 4.46. The van der Waals surface area contributed by atoms with Crippen LogP contribution >= 0.6 is 23.1 Å². The zero-order chi connectivity index (χ0) is 22.5. The van der Waals surface area contributed by atoms with Gasteiger partial charge in [0.2, 0.25) is 5.91 Å². The maximum absolute atomic E-state index is 14.1. The number of anilines is 1. The van der Waals surface area contributed by atoms with Gasteiger partial charge in [-0.15, -0.1) is 21.5 Å². The van der Waals surface area contributed by atoms with Crippen molar-refractivity contribution in [2.45, 2.75) is 32.3 Å². The average Bonchev–Trinajstić information content (AvgIpc) is 3.26. The van der Waals surface area contributed by atoms with Gasteiger partial charge in [-0.2, -0.15) is 0 Å². The van der Waals surface area contributed by atoms with Crippen LogP contribution in [0.4, 0.5) is 9.39 Å². The highest BCUT2D eigenvalue weighted by atomic mass is 32.2. The number of nitrogens with zero attached hydrogens (tertiary/aromatic N) is 3. The Bertz CT molecular complexity index is 1110. The molecule has 0 spiro atoms. The molecule has 3 rings (SSSR count). The molecule has 1 amide bonds. The van der Waals surface area contributed by atoms with Gasteiger partial charge in [0.15, 0.2) is 11.0 Å². The molecule has 0 aliphatic heterocycles. The van der Waals surface area contributed by atoms with Gasteiger partial charge in [-0.05, 0) is 38.0 Å². The third-order valence-electron chi connectivity index (χ3n) is 4.58. The number of aromatic nitrogens is 3. The van der Waals surface area contributed by atoms with Gasteiger partial charge in [0.05, 0.1) is 23.5 Å². The molecule has 2 heterocycles. The van der Waals surface area contributed by atoms with Crippen LogP contribution in [-0.4, -0.2) is 39.0 Å². The van der Waals surface area contributed by atoms with Crippen molar-refractivity contribution in [2.24, 2.45) is 7.05 Å². The SMILES string of the molecule is CCOC(=O)c1c(NC(=O)CSc2nnc(-c3ccccc3F)n2C)sc(CC)c1C. The number of nitrogens with one attached hydrogen (secondary N) is 1. The first-order valence-corrected chi connectivity index (χ1v) is 11.5. The number of rotatable bonds is 8. The highest BCUT2D eigenvalue weighted by molar-refractivity contribution is 7.99. The van der Waals surface area contributed by atoms with Crippen LogP contribution in [0, 0.1) is 12.7 Å². The molecule has 7 nitrogen and oxygen atoms in total. The lowest BCUT2D eigenvalue weighted by Gasteiger charge is -2.07.